The predicted molar refractivity (Wildman–Crippen MR) is 57.9 cm³/mol. The number of carbonyl (C=O) groups excluding carboxylic acids is 1. The molecular weight excluding hydrogens is 208 g/mol. The Kier molecular flexibility index (Phi) is 3.24. The number of likely N-dealkylation sites (tertiary alicyclic amines) is 1. The van der Waals surface area contributed by atoms with Crippen molar-refractivity contribution in [3.63, 3.8) is 0 Å². The second-order valence-electron chi connectivity index (χ2n) is 4.39. The van der Waals surface area contributed by atoms with E-state index in [9.17, 15) is 9.59 Å². The standard InChI is InChI=1S/C11H16N2O3/c14-10(3-4-11(15)16)12-8-5-6-13(7-8)9-1-2-9/h3-4,8-9H,1-2,5-7H2,(H,12,14)(H,15,16). The van der Waals surface area contributed by atoms with Crippen molar-refractivity contribution in [2.24, 2.45) is 0 Å². The van der Waals surface area contributed by atoms with Crippen LogP contribution in [0.2, 0.25) is 0 Å². The van der Waals surface area contributed by atoms with Crippen LogP contribution in [-0.2, 0) is 9.59 Å². The Hall–Kier alpha value is -1.36. The summed E-state index contributed by atoms with van der Waals surface area (Å²) in [7, 11) is 0. The minimum Gasteiger partial charge on any atom is -0.478 e. The van der Waals surface area contributed by atoms with Gasteiger partial charge in [0.25, 0.3) is 0 Å². The van der Waals surface area contributed by atoms with Crippen molar-refractivity contribution in [1.82, 2.24) is 10.2 Å². The van der Waals surface area contributed by atoms with E-state index < -0.39 is 5.97 Å². The Balaban J connectivity index is 1.73. The highest BCUT2D eigenvalue weighted by Crippen LogP contribution is 2.29. The van der Waals surface area contributed by atoms with Crippen LogP contribution in [0.5, 0.6) is 0 Å². The van der Waals surface area contributed by atoms with Crippen LogP contribution in [0, 0.1) is 0 Å². The fraction of sp³-hybridized carbons (Fsp3) is 0.636. The van der Waals surface area contributed by atoms with Gasteiger partial charge in [-0.1, -0.05) is 0 Å². The molecule has 0 bridgehead atoms. The van der Waals surface area contributed by atoms with Crippen molar-refractivity contribution in [2.45, 2.75) is 31.3 Å². The van der Waals surface area contributed by atoms with Gasteiger partial charge in [-0.05, 0) is 19.3 Å². The summed E-state index contributed by atoms with van der Waals surface area (Å²) < 4.78 is 0. The summed E-state index contributed by atoms with van der Waals surface area (Å²) in [5.74, 6) is -1.41. The van der Waals surface area contributed by atoms with E-state index in [0.29, 0.717) is 0 Å². The molecule has 1 saturated heterocycles. The second-order valence-corrected chi connectivity index (χ2v) is 4.39. The summed E-state index contributed by atoms with van der Waals surface area (Å²) >= 11 is 0. The Morgan fingerprint density at radius 3 is 2.62 bits per heavy atom. The Morgan fingerprint density at radius 2 is 2.00 bits per heavy atom. The van der Waals surface area contributed by atoms with Crippen LogP contribution in [0.15, 0.2) is 12.2 Å². The van der Waals surface area contributed by atoms with Crippen LogP contribution < -0.4 is 5.32 Å². The number of rotatable bonds is 4. The average Bonchev–Trinajstić information content (AvgIpc) is 2.98. The zero-order chi connectivity index (χ0) is 11.5. The molecule has 1 aliphatic heterocycles. The number of nitrogens with zero attached hydrogens (tertiary/aromatic N) is 1. The SMILES string of the molecule is O=C(O)C=CC(=O)NC1CCN(C2CC2)C1. The number of carboxylic acids is 1. The van der Waals surface area contributed by atoms with Crippen LogP contribution in [-0.4, -0.2) is 47.1 Å². The summed E-state index contributed by atoms with van der Waals surface area (Å²) in [4.78, 5) is 23.9. The van der Waals surface area contributed by atoms with E-state index in [1.807, 2.05) is 0 Å². The molecule has 0 aromatic carbocycles. The normalized spacial score (nSPS) is 26.1. The highest BCUT2D eigenvalue weighted by Gasteiger charge is 2.34. The number of carbonyl (C=O) groups is 2. The predicted octanol–water partition coefficient (Wildman–Crippen LogP) is -0.0199. The van der Waals surface area contributed by atoms with E-state index >= 15 is 0 Å². The molecule has 0 spiro atoms. The van der Waals surface area contributed by atoms with Gasteiger partial charge >= 0.3 is 5.97 Å². The third-order valence-corrected chi connectivity index (χ3v) is 3.01. The molecule has 2 N–H and O–H groups in total. The number of carboxylic acid groups (broad SMARTS) is 1. The van der Waals surface area contributed by atoms with Gasteiger partial charge in [-0.15, -0.1) is 0 Å². The summed E-state index contributed by atoms with van der Waals surface area (Å²) in [6.45, 7) is 1.94. The molecule has 2 aliphatic rings. The van der Waals surface area contributed by atoms with Crippen molar-refractivity contribution in [3.05, 3.63) is 12.2 Å². The quantitative estimate of drug-likeness (QED) is 0.658. The monoisotopic (exact) mass is 224 g/mol. The highest BCUT2D eigenvalue weighted by atomic mass is 16.4. The summed E-state index contributed by atoms with van der Waals surface area (Å²) in [6, 6.07) is 0.906. The van der Waals surface area contributed by atoms with Gasteiger partial charge in [0.15, 0.2) is 0 Å². The van der Waals surface area contributed by atoms with Crippen LogP contribution >= 0.6 is 0 Å². The van der Waals surface area contributed by atoms with E-state index in [-0.39, 0.29) is 11.9 Å². The minimum absolute atomic E-state index is 0.173. The number of hydrogen-bond acceptors (Lipinski definition) is 3. The maximum atomic E-state index is 11.3. The maximum absolute atomic E-state index is 11.3. The van der Waals surface area contributed by atoms with Gasteiger partial charge in [0.05, 0.1) is 0 Å². The molecule has 5 heteroatoms. The molecule has 5 nitrogen and oxygen atoms in total. The molecule has 1 unspecified atom stereocenters. The molecule has 16 heavy (non-hydrogen) atoms. The average molecular weight is 224 g/mol. The van der Waals surface area contributed by atoms with E-state index in [1.165, 1.54) is 12.8 Å². The molecule has 1 heterocycles. The molecule has 1 aliphatic carbocycles. The first-order valence-electron chi connectivity index (χ1n) is 5.60. The third kappa shape index (κ3) is 3.06. The minimum atomic E-state index is -1.10. The van der Waals surface area contributed by atoms with Crippen molar-refractivity contribution in [2.75, 3.05) is 13.1 Å². The van der Waals surface area contributed by atoms with Gasteiger partial charge in [0.1, 0.15) is 0 Å². The lowest BCUT2D eigenvalue weighted by atomic mass is 10.2. The molecule has 1 amide bonds. The van der Waals surface area contributed by atoms with Crippen LogP contribution in [0.1, 0.15) is 19.3 Å². The van der Waals surface area contributed by atoms with E-state index in [1.54, 1.807) is 0 Å². The fourth-order valence-electron chi connectivity index (χ4n) is 2.07. The first kappa shape index (κ1) is 11.1. The van der Waals surface area contributed by atoms with Gasteiger partial charge in [-0.3, -0.25) is 9.69 Å². The number of nitrogens with one attached hydrogen (secondary N) is 1. The van der Waals surface area contributed by atoms with Crippen LogP contribution in [0.4, 0.5) is 0 Å². The fourth-order valence-corrected chi connectivity index (χ4v) is 2.07. The molecule has 0 aromatic heterocycles. The molecule has 2 rings (SSSR count). The summed E-state index contributed by atoms with van der Waals surface area (Å²) in [5.41, 5.74) is 0. The topological polar surface area (TPSA) is 69.6 Å². The van der Waals surface area contributed by atoms with Crippen LogP contribution in [0.3, 0.4) is 0 Å². The number of aliphatic carboxylic acids is 1. The van der Waals surface area contributed by atoms with Gasteiger partial charge in [-0.25, -0.2) is 4.79 Å². The van der Waals surface area contributed by atoms with Crippen molar-refractivity contribution in [1.29, 1.82) is 0 Å². The molecule has 0 radical (unpaired) electrons. The maximum Gasteiger partial charge on any atom is 0.328 e. The molecule has 0 aromatic rings. The highest BCUT2D eigenvalue weighted by molar-refractivity contribution is 5.94. The molecule has 1 saturated carbocycles. The van der Waals surface area contributed by atoms with Crippen molar-refractivity contribution >= 4 is 11.9 Å². The number of hydrogen-bond donors (Lipinski definition) is 2. The smallest absolute Gasteiger partial charge is 0.328 e. The Bertz CT molecular complexity index is 323. The lowest BCUT2D eigenvalue weighted by Crippen LogP contribution is -2.36. The zero-order valence-corrected chi connectivity index (χ0v) is 9.06. The van der Waals surface area contributed by atoms with E-state index in [4.69, 9.17) is 5.11 Å². The van der Waals surface area contributed by atoms with Gasteiger partial charge in [-0.2, -0.15) is 0 Å². The van der Waals surface area contributed by atoms with Crippen molar-refractivity contribution < 1.29 is 14.7 Å². The van der Waals surface area contributed by atoms with E-state index in [2.05, 4.69) is 10.2 Å². The molecule has 2 fully saturated rings. The van der Waals surface area contributed by atoms with Gasteiger partial charge in [0, 0.05) is 37.3 Å². The molecular formula is C11H16N2O3. The van der Waals surface area contributed by atoms with E-state index in [0.717, 1.165) is 37.7 Å². The lowest BCUT2D eigenvalue weighted by molar-refractivity contribution is -0.131. The molecule has 88 valence electrons. The number of amides is 1. The van der Waals surface area contributed by atoms with Crippen molar-refractivity contribution in [3.8, 4) is 0 Å². The molecule has 1 atom stereocenters. The first-order valence-corrected chi connectivity index (χ1v) is 5.60. The Labute approximate surface area is 94.1 Å². The van der Waals surface area contributed by atoms with Gasteiger partial charge in [0.2, 0.25) is 5.91 Å². The summed E-state index contributed by atoms with van der Waals surface area (Å²) in [6.07, 6.45) is 5.45. The third-order valence-electron chi connectivity index (χ3n) is 3.01. The second kappa shape index (κ2) is 4.65. The zero-order valence-electron chi connectivity index (χ0n) is 9.06. The first-order chi connectivity index (χ1) is 7.65. The largest absolute Gasteiger partial charge is 0.478 e. The lowest BCUT2D eigenvalue weighted by Gasteiger charge is -2.14. The van der Waals surface area contributed by atoms with Crippen LogP contribution in [0.25, 0.3) is 0 Å². The Morgan fingerprint density at radius 1 is 1.25 bits per heavy atom. The van der Waals surface area contributed by atoms with Gasteiger partial charge < -0.3 is 10.4 Å². The summed E-state index contributed by atoms with van der Waals surface area (Å²) in [5, 5.41) is 11.2.